The summed E-state index contributed by atoms with van der Waals surface area (Å²) in [5.74, 6) is -0.726. The van der Waals surface area contributed by atoms with E-state index in [-0.39, 0.29) is 11.9 Å². The maximum Gasteiger partial charge on any atom is 0.239 e. The number of nitrogens with one attached hydrogen (secondary N) is 2. The lowest BCUT2D eigenvalue weighted by Crippen LogP contribution is -2.62. The number of rotatable bonds is 4. The number of likely N-dealkylation sites (N-methyl/N-ethyl adjacent to an activating group) is 1. The minimum atomic E-state index is -0.990. The lowest BCUT2D eigenvalue weighted by molar-refractivity contribution is -0.131. The molecule has 1 saturated carbocycles. The van der Waals surface area contributed by atoms with Crippen LogP contribution in [0.5, 0.6) is 0 Å². The molecule has 3 aromatic rings. The van der Waals surface area contributed by atoms with Crippen LogP contribution in [0.25, 0.3) is 11.1 Å². The Balaban J connectivity index is 1.61. The average molecular weight is 429 g/mol. The molecule has 1 aromatic carbocycles. The molecule has 1 aliphatic carbocycles. The average Bonchev–Trinajstić information content (AvgIpc) is 3.64. The van der Waals surface area contributed by atoms with E-state index in [0.29, 0.717) is 22.7 Å². The van der Waals surface area contributed by atoms with Gasteiger partial charge in [0.15, 0.2) is 5.96 Å². The van der Waals surface area contributed by atoms with Crippen molar-refractivity contribution in [1.29, 1.82) is 5.41 Å². The molecule has 7 heteroatoms. The molecular formula is C25H24FN5O. The van der Waals surface area contributed by atoms with E-state index in [1.807, 2.05) is 19.1 Å². The van der Waals surface area contributed by atoms with Crippen molar-refractivity contribution in [2.75, 3.05) is 7.05 Å². The summed E-state index contributed by atoms with van der Waals surface area (Å²) in [6.07, 6.45) is 5.43. The monoisotopic (exact) mass is 429 g/mol. The van der Waals surface area contributed by atoms with Crippen molar-refractivity contribution < 1.29 is 9.18 Å². The molecule has 0 bridgehead atoms. The van der Waals surface area contributed by atoms with E-state index in [9.17, 15) is 9.18 Å². The van der Waals surface area contributed by atoms with Crippen LogP contribution in [0, 0.1) is 11.4 Å². The molecule has 2 aliphatic rings. The van der Waals surface area contributed by atoms with Crippen molar-refractivity contribution in [3.05, 3.63) is 83.7 Å². The van der Waals surface area contributed by atoms with Crippen LogP contribution < -0.4 is 5.32 Å². The van der Waals surface area contributed by atoms with Crippen molar-refractivity contribution in [3.63, 3.8) is 0 Å². The molecule has 2 N–H and O–H groups in total. The van der Waals surface area contributed by atoms with E-state index in [1.165, 1.54) is 29.5 Å². The summed E-state index contributed by atoms with van der Waals surface area (Å²) in [6, 6.07) is 15.0. The second-order valence-electron chi connectivity index (χ2n) is 8.72. The van der Waals surface area contributed by atoms with Gasteiger partial charge in [-0.05, 0) is 66.6 Å². The van der Waals surface area contributed by atoms with E-state index in [4.69, 9.17) is 5.41 Å². The third-order valence-electron chi connectivity index (χ3n) is 6.55. The van der Waals surface area contributed by atoms with Crippen LogP contribution in [0.4, 0.5) is 4.39 Å². The first-order valence-corrected chi connectivity index (χ1v) is 10.7. The second-order valence-corrected chi connectivity index (χ2v) is 8.72. The Bertz CT molecular complexity index is 1210. The van der Waals surface area contributed by atoms with Gasteiger partial charge in [-0.25, -0.2) is 4.98 Å². The predicted molar refractivity (Wildman–Crippen MR) is 120 cm³/mol. The van der Waals surface area contributed by atoms with Gasteiger partial charge >= 0.3 is 0 Å². The quantitative estimate of drug-likeness (QED) is 0.611. The molecule has 3 heterocycles. The molecule has 162 valence electrons. The van der Waals surface area contributed by atoms with E-state index in [1.54, 1.807) is 37.5 Å². The standard InChI is InChI=1S/C25H24FN5O/c1-25(20-14-18(11-13-28-20)19-4-3-12-29-22(19)26)21(23(32)31(2)24(27)30-25)17-9-7-16(8-10-17)15-5-6-15/h3-4,7-15,21H,5-6H2,1-2H3,(H2,27,30)/t21-,25-/m1/s1. The molecule has 0 spiro atoms. The minimum Gasteiger partial charge on any atom is -0.344 e. The molecule has 1 aliphatic heterocycles. The van der Waals surface area contributed by atoms with Gasteiger partial charge in [0, 0.05) is 25.0 Å². The number of amides is 1. The number of pyridine rings is 2. The summed E-state index contributed by atoms with van der Waals surface area (Å²) in [7, 11) is 1.59. The molecule has 1 amide bonds. The molecule has 32 heavy (non-hydrogen) atoms. The maximum absolute atomic E-state index is 14.3. The molecule has 2 aromatic heterocycles. The smallest absolute Gasteiger partial charge is 0.239 e. The maximum atomic E-state index is 14.3. The summed E-state index contributed by atoms with van der Waals surface area (Å²) in [5.41, 5.74) is 2.69. The van der Waals surface area contributed by atoms with Gasteiger partial charge < -0.3 is 5.32 Å². The Labute approximate surface area is 186 Å². The van der Waals surface area contributed by atoms with Gasteiger partial charge in [0.25, 0.3) is 0 Å². The topological polar surface area (TPSA) is 82.0 Å². The molecule has 0 radical (unpaired) electrons. The third-order valence-corrected chi connectivity index (χ3v) is 6.55. The number of hydrogen-bond acceptors (Lipinski definition) is 4. The summed E-state index contributed by atoms with van der Waals surface area (Å²) >= 11 is 0. The zero-order valence-electron chi connectivity index (χ0n) is 18.0. The van der Waals surface area contributed by atoms with Gasteiger partial charge in [-0.2, -0.15) is 4.39 Å². The Morgan fingerprint density at radius 1 is 1.09 bits per heavy atom. The van der Waals surface area contributed by atoms with Gasteiger partial charge in [0.1, 0.15) is 0 Å². The van der Waals surface area contributed by atoms with E-state index < -0.39 is 17.4 Å². The minimum absolute atomic E-state index is 0.00288. The fourth-order valence-electron chi connectivity index (χ4n) is 4.50. The Kier molecular flexibility index (Phi) is 4.77. The SMILES string of the molecule is CN1C(=N)N[C@](C)(c2cc(-c3cccnc3F)ccn2)[C@H](c2ccc(C3CC3)cc2)C1=O. The van der Waals surface area contributed by atoms with Gasteiger partial charge in [-0.1, -0.05) is 24.3 Å². The number of nitrogens with zero attached hydrogens (tertiary/aromatic N) is 3. The molecule has 0 unspecified atom stereocenters. The second kappa shape index (κ2) is 7.51. The van der Waals surface area contributed by atoms with Crippen molar-refractivity contribution in [2.24, 2.45) is 0 Å². The molecular weight excluding hydrogens is 405 g/mol. The van der Waals surface area contributed by atoms with E-state index in [2.05, 4.69) is 27.4 Å². The highest BCUT2D eigenvalue weighted by atomic mass is 19.1. The number of halogens is 1. The molecule has 1 saturated heterocycles. The van der Waals surface area contributed by atoms with Crippen LogP contribution in [0.3, 0.4) is 0 Å². The van der Waals surface area contributed by atoms with E-state index in [0.717, 1.165) is 5.56 Å². The summed E-state index contributed by atoms with van der Waals surface area (Å²) in [6.45, 7) is 1.87. The number of carbonyl (C=O) groups excluding carboxylic acids is 1. The number of hydrogen-bond donors (Lipinski definition) is 2. The first kappa shape index (κ1) is 20.3. The molecule has 5 rings (SSSR count). The first-order valence-electron chi connectivity index (χ1n) is 10.7. The highest BCUT2D eigenvalue weighted by molar-refractivity contribution is 6.02. The number of guanidine groups is 1. The normalized spacial score (nSPS) is 23.2. The lowest BCUT2D eigenvalue weighted by Gasteiger charge is -2.45. The van der Waals surface area contributed by atoms with Crippen LogP contribution >= 0.6 is 0 Å². The van der Waals surface area contributed by atoms with Crippen LogP contribution in [0.15, 0.2) is 60.9 Å². The summed E-state index contributed by atoms with van der Waals surface area (Å²) in [5, 5.41) is 11.5. The molecule has 2 atom stereocenters. The predicted octanol–water partition coefficient (Wildman–Crippen LogP) is 4.16. The zero-order valence-corrected chi connectivity index (χ0v) is 18.0. The van der Waals surface area contributed by atoms with Crippen molar-refractivity contribution >= 4 is 11.9 Å². The number of carbonyl (C=O) groups is 1. The van der Waals surface area contributed by atoms with Crippen molar-refractivity contribution in [3.8, 4) is 11.1 Å². The Hall–Kier alpha value is -3.61. The summed E-state index contributed by atoms with van der Waals surface area (Å²) in [4.78, 5) is 23.0. The zero-order chi connectivity index (χ0) is 22.5. The summed E-state index contributed by atoms with van der Waals surface area (Å²) < 4.78 is 14.3. The molecule has 2 fully saturated rings. The largest absolute Gasteiger partial charge is 0.344 e. The van der Waals surface area contributed by atoms with Gasteiger partial charge in [0.05, 0.1) is 17.2 Å². The number of aromatic nitrogens is 2. The van der Waals surface area contributed by atoms with Crippen LogP contribution in [0.2, 0.25) is 0 Å². The third kappa shape index (κ3) is 3.34. The Morgan fingerprint density at radius 2 is 1.81 bits per heavy atom. The van der Waals surface area contributed by atoms with Crippen molar-refractivity contribution in [1.82, 2.24) is 20.2 Å². The number of benzene rings is 1. The van der Waals surface area contributed by atoms with Crippen molar-refractivity contribution in [2.45, 2.75) is 37.1 Å². The van der Waals surface area contributed by atoms with Crippen LogP contribution in [-0.2, 0) is 10.3 Å². The highest BCUT2D eigenvalue weighted by Gasteiger charge is 2.49. The fourth-order valence-corrected chi connectivity index (χ4v) is 4.50. The van der Waals surface area contributed by atoms with Crippen LogP contribution in [0.1, 0.15) is 48.4 Å². The fraction of sp³-hybridized carbons (Fsp3) is 0.280. The lowest BCUT2D eigenvalue weighted by atomic mass is 9.75. The molecule has 6 nitrogen and oxygen atoms in total. The Morgan fingerprint density at radius 3 is 2.50 bits per heavy atom. The van der Waals surface area contributed by atoms with Gasteiger partial charge in [-0.15, -0.1) is 0 Å². The van der Waals surface area contributed by atoms with Gasteiger partial charge in [0.2, 0.25) is 11.9 Å². The first-order chi connectivity index (χ1) is 15.4. The van der Waals surface area contributed by atoms with Crippen LogP contribution in [-0.4, -0.2) is 33.8 Å². The highest BCUT2D eigenvalue weighted by Crippen LogP contribution is 2.43. The van der Waals surface area contributed by atoms with Gasteiger partial charge in [-0.3, -0.25) is 20.1 Å². The van der Waals surface area contributed by atoms with E-state index >= 15 is 0 Å².